The minimum absolute atomic E-state index is 0.213. The van der Waals surface area contributed by atoms with E-state index in [1.165, 1.54) is 23.5 Å². The highest BCUT2D eigenvalue weighted by molar-refractivity contribution is 7.23. The molecule has 0 radical (unpaired) electrons. The van der Waals surface area contributed by atoms with Gasteiger partial charge in [0.05, 0.1) is 15.6 Å². The fourth-order valence-electron chi connectivity index (χ4n) is 2.73. The largest absolute Gasteiger partial charge is 0.354 e. The van der Waals surface area contributed by atoms with Gasteiger partial charge in [0.15, 0.2) is 5.13 Å². The number of rotatable bonds is 1. The summed E-state index contributed by atoms with van der Waals surface area (Å²) in [6, 6.07) is 6.35. The SMILES string of the molecule is CN(C)c1nc2c3ccc(F)cc3c3c(=O)[nH]ccc3c2s1. The maximum absolute atomic E-state index is 13.7. The van der Waals surface area contributed by atoms with Crippen LogP contribution in [0, 0.1) is 5.82 Å². The van der Waals surface area contributed by atoms with E-state index in [9.17, 15) is 9.18 Å². The van der Waals surface area contributed by atoms with Gasteiger partial charge in [0.2, 0.25) is 0 Å². The van der Waals surface area contributed by atoms with E-state index in [1.54, 1.807) is 12.3 Å². The Morgan fingerprint density at radius 1 is 1.18 bits per heavy atom. The van der Waals surface area contributed by atoms with Crippen molar-refractivity contribution in [3.8, 4) is 0 Å². The Balaban J connectivity index is 2.37. The first-order valence-corrected chi connectivity index (χ1v) is 7.58. The molecule has 0 atom stereocenters. The lowest BCUT2D eigenvalue weighted by Crippen LogP contribution is -2.07. The van der Waals surface area contributed by atoms with Crippen molar-refractivity contribution in [1.82, 2.24) is 9.97 Å². The van der Waals surface area contributed by atoms with Crippen LogP contribution in [0.4, 0.5) is 9.52 Å². The van der Waals surface area contributed by atoms with E-state index in [0.29, 0.717) is 10.8 Å². The summed E-state index contributed by atoms with van der Waals surface area (Å²) in [5.41, 5.74) is 0.594. The first-order valence-electron chi connectivity index (χ1n) is 6.77. The molecule has 0 amide bonds. The number of pyridine rings is 1. The van der Waals surface area contributed by atoms with Gasteiger partial charge in [-0.1, -0.05) is 11.3 Å². The van der Waals surface area contributed by atoms with Crippen LogP contribution in [-0.2, 0) is 0 Å². The Morgan fingerprint density at radius 3 is 2.77 bits per heavy atom. The van der Waals surface area contributed by atoms with Crippen molar-refractivity contribution in [2.24, 2.45) is 0 Å². The number of benzene rings is 2. The van der Waals surface area contributed by atoms with Gasteiger partial charge < -0.3 is 9.88 Å². The summed E-state index contributed by atoms with van der Waals surface area (Å²) in [7, 11) is 3.85. The molecule has 6 heteroatoms. The number of H-pyrrole nitrogens is 1. The number of nitrogens with one attached hydrogen (secondary N) is 1. The van der Waals surface area contributed by atoms with Gasteiger partial charge in [-0.05, 0) is 24.3 Å². The van der Waals surface area contributed by atoms with E-state index in [2.05, 4.69) is 9.97 Å². The summed E-state index contributed by atoms with van der Waals surface area (Å²) < 4.78 is 14.6. The molecular formula is C16H12FN3OS. The van der Waals surface area contributed by atoms with Crippen molar-refractivity contribution in [1.29, 1.82) is 0 Å². The number of nitrogens with zero attached hydrogens (tertiary/aromatic N) is 2. The zero-order chi connectivity index (χ0) is 15.4. The molecular weight excluding hydrogens is 301 g/mol. The van der Waals surface area contributed by atoms with Gasteiger partial charge in [0, 0.05) is 36.5 Å². The number of thiazole rings is 1. The van der Waals surface area contributed by atoms with Gasteiger partial charge in [-0.3, -0.25) is 4.79 Å². The fraction of sp³-hybridized carbons (Fsp3) is 0.125. The normalized spacial score (nSPS) is 11.6. The van der Waals surface area contributed by atoms with Crippen molar-refractivity contribution in [3.05, 3.63) is 46.6 Å². The monoisotopic (exact) mass is 313 g/mol. The summed E-state index contributed by atoms with van der Waals surface area (Å²) in [4.78, 5) is 21.5. The Morgan fingerprint density at radius 2 is 2.00 bits per heavy atom. The second kappa shape index (κ2) is 4.51. The van der Waals surface area contributed by atoms with Gasteiger partial charge in [-0.25, -0.2) is 9.37 Å². The third kappa shape index (κ3) is 1.74. The van der Waals surface area contributed by atoms with E-state index >= 15 is 0 Å². The molecule has 4 aromatic rings. The molecule has 22 heavy (non-hydrogen) atoms. The van der Waals surface area contributed by atoms with Gasteiger partial charge >= 0.3 is 0 Å². The average molecular weight is 313 g/mol. The Labute approximate surface area is 128 Å². The highest BCUT2D eigenvalue weighted by atomic mass is 32.1. The lowest BCUT2D eigenvalue weighted by atomic mass is 10.0. The third-order valence-electron chi connectivity index (χ3n) is 3.71. The average Bonchev–Trinajstić information content (AvgIpc) is 2.92. The summed E-state index contributed by atoms with van der Waals surface area (Å²) in [6.07, 6.45) is 1.62. The molecule has 0 fully saturated rings. The van der Waals surface area contributed by atoms with Gasteiger partial charge in [-0.2, -0.15) is 0 Å². The first-order chi connectivity index (χ1) is 10.6. The molecule has 0 unspecified atom stereocenters. The summed E-state index contributed by atoms with van der Waals surface area (Å²) in [6.45, 7) is 0. The first kappa shape index (κ1) is 13.2. The molecule has 0 saturated carbocycles. The predicted octanol–water partition coefficient (Wildman–Crippen LogP) is 3.50. The number of hydrogen-bond donors (Lipinski definition) is 1. The molecule has 0 spiro atoms. The highest BCUT2D eigenvalue weighted by Crippen LogP contribution is 2.38. The Kier molecular flexibility index (Phi) is 2.71. The van der Waals surface area contributed by atoms with Crippen LogP contribution < -0.4 is 10.5 Å². The zero-order valence-electron chi connectivity index (χ0n) is 12.0. The quantitative estimate of drug-likeness (QED) is 0.547. The fourth-order valence-corrected chi connectivity index (χ4v) is 3.76. The van der Waals surface area contributed by atoms with Crippen LogP contribution in [0.5, 0.6) is 0 Å². The number of anilines is 1. The molecule has 4 nitrogen and oxygen atoms in total. The lowest BCUT2D eigenvalue weighted by Gasteiger charge is -2.05. The second-order valence-electron chi connectivity index (χ2n) is 5.35. The number of halogens is 1. The minimum atomic E-state index is -0.362. The number of hydrogen-bond acceptors (Lipinski definition) is 4. The predicted molar refractivity (Wildman–Crippen MR) is 89.5 cm³/mol. The molecule has 0 saturated heterocycles. The van der Waals surface area contributed by atoms with Crippen LogP contribution in [0.25, 0.3) is 31.8 Å². The molecule has 0 aliphatic heterocycles. The lowest BCUT2D eigenvalue weighted by molar-refractivity contribution is 0.630. The zero-order valence-corrected chi connectivity index (χ0v) is 12.8. The molecule has 0 aliphatic carbocycles. The molecule has 2 heterocycles. The van der Waals surface area contributed by atoms with Gasteiger partial charge in [-0.15, -0.1) is 0 Å². The standard InChI is InChI=1S/C16H12FN3OS/c1-20(2)16-19-13-9-4-3-8(17)7-11(9)12-10(14(13)22-16)5-6-18-15(12)21/h3-7H,1-2H3,(H,18,21). The van der Waals surface area contributed by atoms with E-state index < -0.39 is 0 Å². The Bertz CT molecular complexity index is 1100. The number of fused-ring (bicyclic) bond motifs is 6. The van der Waals surface area contributed by atoms with E-state index in [0.717, 1.165) is 26.1 Å². The maximum Gasteiger partial charge on any atom is 0.256 e. The van der Waals surface area contributed by atoms with E-state index in [-0.39, 0.29) is 11.4 Å². The molecule has 0 bridgehead atoms. The molecule has 0 aliphatic rings. The van der Waals surface area contributed by atoms with Crippen molar-refractivity contribution < 1.29 is 4.39 Å². The van der Waals surface area contributed by atoms with Crippen LogP contribution in [0.3, 0.4) is 0 Å². The van der Waals surface area contributed by atoms with Crippen LogP contribution in [-0.4, -0.2) is 24.1 Å². The molecule has 1 N–H and O–H groups in total. The van der Waals surface area contributed by atoms with Crippen LogP contribution in [0.2, 0.25) is 0 Å². The molecule has 110 valence electrons. The van der Waals surface area contributed by atoms with E-state index in [1.807, 2.05) is 25.1 Å². The van der Waals surface area contributed by atoms with Gasteiger partial charge in [0.25, 0.3) is 5.56 Å². The van der Waals surface area contributed by atoms with Gasteiger partial charge in [0.1, 0.15) is 5.82 Å². The minimum Gasteiger partial charge on any atom is -0.354 e. The summed E-state index contributed by atoms with van der Waals surface area (Å²) >= 11 is 1.53. The van der Waals surface area contributed by atoms with Crippen molar-refractivity contribution in [2.75, 3.05) is 19.0 Å². The number of aromatic amines is 1. The van der Waals surface area contributed by atoms with Crippen LogP contribution in [0.1, 0.15) is 0 Å². The Hall–Kier alpha value is -2.47. The molecule has 2 aromatic heterocycles. The van der Waals surface area contributed by atoms with Crippen molar-refractivity contribution >= 4 is 48.2 Å². The van der Waals surface area contributed by atoms with Crippen LogP contribution >= 0.6 is 11.3 Å². The maximum atomic E-state index is 13.7. The van der Waals surface area contributed by atoms with E-state index in [4.69, 9.17) is 0 Å². The summed E-state index contributed by atoms with van der Waals surface area (Å²) in [5, 5.41) is 3.57. The van der Waals surface area contributed by atoms with Crippen molar-refractivity contribution in [3.63, 3.8) is 0 Å². The smallest absolute Gasteiger partial charge is 0.256 e. The topological polar surface area (TPSA) is 49.0 Å². The molecule has 2 aromatic carbocycles. The number of aromatic nitrogens is 2. The highest BCUT2D eigenvalue weighted by Gasteiger charge is 2.16. The molecule has 4 rings (SSSR count). The third-order valence-corrected chi connectivity index (χ3v) is 4.97. The van der Waals surface area contributed by atoms with Crippen molar-refractivity contribution in [2.45, 2.75) is 0 Å². The van der Waals surface area contributed by atoms with Crippen LogP contribution in [0.15, 0.2) is 35.3 Å². The summed E-state index contributed by atoms with van der Waals surface area (Å²) in [5.74, 6) is -0.362. The second-order valence-corrected chi connectivity index (χ2v) is 6.33.